The van der Waals surface area contributed by atoms with Crippen LogP contribution in [0.1, 0.15) is 35.6 Å². The second-order valence-corrected chi connectivity index (χ2v) is 4.60. The molecule has 0 unspecified atom stereocenters. The maximum atomic E-state index is 9.36. The zero-order valence-electron chi connectivity index (χ0n) is 8.86. The predicted octanol–water partition coefficient (Wildman–Crippen LogP) is 2.44. The van der Waals surface area contributed by atoms with Crippen molar-refractivity contribution < 1.29 is 5.11 Å². The molecule has 1 aliphatic rings. The topological polar surface area (TPSA) is 37.5 Å². The van der Waals surface area contributed by atoms with E-state index in [4.69, 9.17) is 11.6 Å². The molecule has 3 rings (SSSR count). The van der Waals surface area contributed by atoms with E-state index in [1.807, 2.05) is 10.6 Å². The fraction of sp³-hybridized carbons (Fsp3) is 0.417. The molecule has 1 saturated carbocycles. The average molecular weight is 237 g/mol. The largest absolute Gasteiger partial charge is 0.392 e. The second kappa shape index (κ2) is 3.75. The van der Waals surface area contributed by atoms with Gasteiger partial charge in [0.2, 0.25) is 0 Å². The van der Waals surface area contributed by atoms with Crippen LogP contribution >= 0.6 is 11.6 Å². The van der Waals surface area contributed by atoms with Crippen LogP contribution in [0.2, 0.25) is 0 Å². The molecule has 0 bridgehead atoms. The third-order valence-electron chi connectivity index (χ3n) is 3.05. The van der Waals surface area contributed by atoms with Crippen molar-refractivity contribution in [1.82, 2.24) is 9.38 Å². The molecule has 16 heavy (non-hydrogen) atoms. The summed E-state index contributed by atoms with van der Waals surface area (Å²) >= 11 is 5.77. The Labute approximate surface area is 98.7 Å². The van der Waals surface area contributed by atoms with Gasteiger partial charge in [0, 0.05) is 18.0 Å². The Morgan fingerprint density at radius 2 is 2.25 bits per heavy atom. The molecule has 1 N–H and O–H groups in total. The summed E-state index contributed by atoms with van der Waals surface area (Å²) in [6.45, 7) is 0.0306. The van der Waals surface area contributed by atoms with Gasteiger partial charge in [0.05, 0.1) is 18.2 Å². The molecule has 0 radical (unpaired) electrons. The number of fused-ring (bicyclic) bond motifs is 1. The number of pyridine rings is 1. The summed E-state index contributed by atoms with van der Waals surface area (Å²) in [5.74, 6) is 1.09. The second-order valence-electron chi connectivity index (χ2n) is 4.33. The number of aromatic nitrogens is 2. The van der Waals surface area contributed by atoms with Gasteiger partial charge in [-0.2, -0.15) is 0 Å². The molecule has 0 aromatic carbocycles. The van der Waals surface area contributed by atoms with E-state index >= 15 is 0 Å². The molecule has 2 aromatic rings. The summed E-state index contributed by atoms with van der Waals surface area (Å²) in [4.78, 5) is 4.39. The van der Waals surface area contributed by atoms with Crippen LogP contribution in [0.4, 0.5) is 0 Å². The van der Waals surface area contributed by atoms with Crippen molar-refractivity contribution in [3.63, 3.8) is 0 Å². The standard InChI is InChI=1S/C12H13ClN2O/c13-4-11-6-15-5-9(8-1-2-8)3-10(7-16)12(15)14-11/h3,5-6,8,16H,1-2,4,7H2. The van der Waals surface area contributed by atoms with E-state index in [0.29, 0.717) is 11.8 Å². The number of halogens is 1. The first kappa shape index (κ1) is 10.1. The minimum atomic E-state index is 0.0306. The van der Waals surface area contributed by atoms with Crippen LogP contribution < -0.4 is 0 Å². The number of imidazole rings is 1. The number of nitrogens with zero attached hydrogens (tertiary/aromatic N) is 2. The summed E-state index contributed by atoms with van der Waals surface area (Å²) in [6.07, 6.45) is 6.56. The highest BCUT2D eigenvalue weighted by Crippen LogP contribution is 2.40. The van der Waals surface area contributed by atoms with E-state index in [-0.39, 0.29) is 6.61 Å². The molecular formula is C12H13ClN2O. The Balaban J connectivity index is 2.19. The van der Waals surface area contributed by atoms with E-state index in [0.717, 1.165) is 16.9 Å². The van der Waals surface area contributed by atoms with Crippen LogP contribution in [0.3, 0.4) is 0 Å². The third-order valence-corrected chi connectivity index (χ3v) is 3.33. The summed E-state index contributed by atoms with van der Waals surface area (Å²) < 4.78 is 1.98. The van der Waals surface area contributed by atoms with E-state index in [1.54, 1.807) is 0 Å². The van der Waals surface area contributed by atoms with Gasteiger partial charge < -0.3 is 9.51 Å². The maximum Gasteiger partial charge on any atom is 0.142 e. The van der Waals surface area contributed by atoms with Gasteiger partial charge in [-0.1, -0.05) is 0 Å². The van der Waals surface area contributed by atoms with Crippen molar-refractivity contribution in [2.24, 2.45) is 0 Å². The quantitative estimate of drug-likeness (QED) is 0.832. The highest BCUT2D eigenvalue weighted by Gasteiger charge is 2.24. The minimum Gasteiger partial charge on any atom is -0.392 e. The minimum absolute atomic E-state index is 0.0306. The van der Waals surface area contributed by atoms with Gasteiger partial charge in [0.15, 0.2) is 0 Å². The van der Waals surface area contributed by atoms with E-state index < -0.39 is 0 Å². The van der Waals surface area contributed by atoms with Gasteiger partial charge in [-0.3, -0.25) is 0 Å². The Morgan fingerprint density at radius 3 is 2.88 bits per heavy atom. The summed E-state index contributed by atoms with van der Waals surface area (Å²) in [5.41, 5.74) is 3.86. The van der Waals surface area contributed by atoms with Crippen LogP contribution in [-0.2, 0) is 12.5 Å². The molecule has 2 aromatic heterocycles. The average Bonchev–Trinajstić information content (AvgIpc) is 3.07. The zero-order valence-corrected chi connectivity index (χ0v) is 9.61. The van der Waals surface area contributed by atoms with E-state index in [2.05, 4.69) is 17.2 Å². The number of hydrogen-bond acceptors (Lipinski definition) is 2. The van der Waals surface area contributed by atoms with Crippen LogP contribution in [0.15, 0.2) is 18.5 Å². The van der Waals surface area contributed by atoms with Crippen molar-refractivity contribution in [3.05, 3.63) is 35.3 Å². The third kappa shape index (κ3) is 1.60. The Morgan fingerprint density at radius 1 is 1.44 bits per heavy atom. The molecule has 84 valence electrons. The Bertz CT molecular complexity index is 531. The highest BCUT2D eigenvalue weighted by molar-refractivity contribution is 6.16. The van der Waals surface area contributed by atoms with Crippen LogP contribution in [0.5, 0.6) is 0 Å². The number of hydrogen-bond donors (Lipinski definition) is 1. The van der Waals surface area contributed by atoms with Crippen molar-refractivity contribution in [2.75, 3.05) is 0 Å². The lowest BCUT2D eigenvalue weighted by Gasteiger charge is -2.04. The molecular weight excluding hydrogens is 224 g/mol. The number of aliphatic hydroxyl groups excluding tert-OH is 1. The lowest BCUT2D eigenvalue weighted by molar-refractivity contribution is 0.282. The van der Waals surface area contributed by atoms with Crippen molar-refractivity contribution in [3.8, 4) is 0 Å². The molecule has 0 amide bonds. The molecule has 0 atom stereocenters. The first-order chi connectivity index (χ1) is 7.81. The monoisotopic (exact) mass is 236 g/mol. The van der Waals surface area contributed by atoms with Gasteiger partial charge in [0.1, 0.15) is 5.65 Å². The maximum absolute atomic E-state index is 9.36. The molecule has 1 fully saturated rings. The SMILES string of the molecule is OCc1cc(C2CC2)cn2cc(CCl)nc12. The molecule has 1 aliphatic carbocycles. The van der Waals surface area contributed by atoms with Crippen molar-refractivity contribution in [2.45, 2.75) is 31.2 Å². The molecule has 0 spiro atoms. The van der Waals surface area contributed by atoms with Crippen molar-refractivity contribution in [1.29, 1.82) is 0 Å². The number of alkyl halides is 1. The van der Waals surface area contributed by atoms with Crippen LogP contribution in [0.25, 0.3) is 5.65 Å². The first-order valence-electron chi connectivity index (χ1n) is 5.49. The lowest BCUT2D eigenvalue weighted by atomic mass is 10.1. The Hall–Kier alpha value is -1.06. The molecule has 2 heterocycles. The Kier molecular flexibility index (Phi) is 2.37. The van der Waals surface area contributed by atoms with Gasteiger partial charge in [-0.15, -0.1) is 11.6 Å². The van der Waals surface area contributed by atoms with E-state index in [9.17, 15) is 5.11 Å². The molecule has 0 aliphatic heterocycles. The van der Waals surface area contributed by atoms with Crippen LogP contribution in [0, 0.1) is 0 Å². The van der Waals surface area contributed by atoms with Crippen LogP contribution in [-0.4, -0.2) is 14.5 Å². The van der Waals surface area contributed by atoms with E-state index in [1.165, 1.54) is 18.4 Å². The highest BCUT2D eigenvalue weighted by atomic mass is 35.5. The summed E-state index contributed by atoms with van der Waals surface area (Å²) in [5, 5.41) is 9.36. The lowest BCUT2D eigenvalue weighted by Crippen LogP contribution is -1.95. The molecule has 4 heteroatoms. The van der Waals surface area contributed by atoms with Crippen molar-refractivity contribution >= 4 is 17.2 Å². The predicted molar refractivity (Wildman–Crippen MR) is 62.6 cm³/mol. The van der Waals surface area contributed by atoms with Gasteiger partial charge in [-0.25, -0.2) is 4.98 Å². The zero-order chi connectivity index (χ0) is 11.1. The van der Waals surface area contributed by atoms with Gasteiger partial charge in [-0.05, 0) is 30.4 Å². The van der Waals surface area contributed by atoms with Gasteiger partial charge >= 0.3 is 0 Å². The van der Waals surface area contributed by atoms with Gasteiger partial charge in [0.25, 0.3) is 0 Å². The number of rotatable bonds is 3. The normalized spacial score (nSPS) is 15.9. The summed E-state index contributed by atoms with van der Waals surface area (Å²) in [7, 11) is 0. The molecule has 0 saturated heterocycles. The molecule has 3 nitrogen and oxygen atoms in total. The fourth-order valence-corrected chi connectivity index (χ4v) is 2.19. The summed E-state index contributed by atoms with van der Waals surface area (Å²) in [6, 6.07) is 2.07. The number of aliphatic hydroxyl groups is 1. The fourth-order valence-electron chi connectivity index (χ4n) is 2.06. The first-order valence-corrected chi connectivity index (χ1v) is 6.02. The smallest absolute Gasteiger partial charge is 0.142 e.